The van der Waals surface area contributed by atoms with Gasteiger partial charge >= 0.3 is 0 Å². The summed E-state index contributed by atoms with van der Waals surface area (Å²) in [7, 11) is 0. The lowest BCUT2D eigenvalue weighted by molar-refractivity contribution is 0.122. The second-order valence-electron chi connectivity index (χ2n) is 4.79. The predicted molar refractivity (Wildman–Crippen MR) is 79.2 cm³/mol. The standard InChI is InChI=1S/C13H21N3O2S/c1-2-11(10-19)9-16-13(17)7-12(8-14-16)15-3-5-18-6-4-15/h7-8,11,19H,2-6,9-10H2,1H3. The minimum atomic E-state index is -0.0378. The Morgan fingerprint density at radius 1 is 1.47 bits per heavy atom. The number of aromatic nitrogens is 2. The molecule has 19 heavy (non-hydrogen) atoms. The first-order valence-electron chi connectivity index (χ1n) is 6.75. The Labute approximate surface area is 119 Å². The molecule has 0 spiro atoms. The Kier molecular flexibility index (Phi) is 5.27. The van der Waals surface area contributed by atoms with Gasteiger partial charge in [0.2, 0.25) is 0 Å². The van der Waals surface area contributed by atoms with Gasteiger partial charge in [-0.3, -0.25) is 4.79 Å². The maximum Gasteiger partial charge on any atom is 0.268 e. The minimum absolute atomic E-state index is 0.0378. The number of rotatable bonds is 5. The van der Waals surface area contributed by atoms with Crippen molar-refractivity contribution in [2.45, 2.75) is 19.9 Å². The second kappa shape index (κ2) is 6.96. The summed E-state index contributed by atoms with van der Waals surface area (Å²) in [4.78, 5) is 14.2. The van der Waals surface area contributed by atoms with Crippen molar-refractivity contribution >= 4 is 18.3 Å². The van der Waals surface area contributed by atoms with E-state index in [9.17, 15) is 4.79 Å². The zero-order valence-electron chi connectivity index (χ0n) is 11.3. The summed E-state index contributed by atoms with van der Waals surface area (Å²) in [5.74, 6) is 1.17. The zero-order valence-corrected chi connectivity index (χ0v) is 12.2. The lowest BCUT2D eigenvalue weighted by Crippen LogP contribution is -2.37. The molecule has 0 N–H and O–H groups in total. The predicted octanol–water partition coefficient (Wildman–Crippen LogP) is 1.04. The van der Waals surface area contributed by atoms with E-state index in [1.165, 1.54) is 4.68 Å². The SMILES string of the molecule is CCC(CS)Cn1ncc(N2CCOCC2)cc1=O. The molecule has 1 fully saturated rings. The number of ether oxygens (including phenoxy) is 1. The molecule has 0 amide bonds. The van der Waals surface area contributed by atoms with Crippen LogP contribution in [0.1, 0.15) is 13.3 Å². The molecular formula is C13H21N3O2S. The summed E-state index contributed by atoms with van der Waals surface area (Å²) < 4.78 is 6.84. The van der Waals surface area contributed by atoms with Gasteiger partial charge < -0.3 is 9.64 Å². The fraction of sp³-hybridized carbons (Fsp3) is 0.692. The summed E-state index contributed by atoms with van der Waals surface area (Å²) >= 11 is 4.30. The Hall–Kier alpha value is -1.01. The first-order valence-corrected chi connectivity index (χ1v) is 7.38. The molecule has 1 unspecified atom stereocenters. The van der Waals surface area contributed by atoms with E-state index in [0.717, 1.165) is 31.0 Å². The summed E-state index contributed by atoms with van der Waals surface area (Å²) in [6.07, 6.45) is 2.78. The van der Waals surface area contributed by atoms with Gasteiger partial charge in [0.15, 0.2) is 0 Å². The maximum atomic E-state index is 12.1. The van der Waals surface area contributed by atoms with E-state index >= 15 is 0 Å². The van der Waals surface area contributed by atoms with Crippen LogP contribution in [0.15, 0.2) is 17.1 Å². The van der Waals surface area contributed by atoms with Gasteiger partial charge in [-0.15, -0.1) is 0 Å². The number of hydrogen-bond acceptors (Lipinski definition) is 5. The summed E-state index contributed by atoms with van der Waals surface area (Å²) in [6, 6.07) is 1.67. The third kappa shape index (κ3) is 3.73. The Balaban J connectivity index is 2.10. The highest BCUT2D eigenvalue weighted by atomic mass is 32.1. The van der Waals surface area contributed by atoms with Gasteiger partial charge in [0.1, 0.15) is 0 Å². The molecule has 106 valence electrons. The van der Waals surface area contributed by atoms with E-state index in [2.05, 4.69) is 29.6 Å². The molecule has 1 aromatic heterocycles. The van der Waals surface area contributed by atoms with Gasteiger partial charge in [-0.2, -0.15) is 17.7 Å². The second-order valence-corrected chi connectivity index (χ2v) is 5.16. The van der Waals surface area contributed by atoms with Crippen LogP contribution in [0.4, 0.5) is 5.69 Å². The van der Waals surface area contributed by atoms with Crippen molar-refractivity contribution < 1.29 is 4.74 Å². The Morgan fingerprint density at radius 2 is 2.21 bits per heavy atom. The average molecular weight is 283 g/mol. The maximum absolute atomic E-state index is 12.1. The van der Waals surface area contributed by atoms with Crippen LogP contribution in [0, 0.1) is 5.92 Å². The van der Waals surface area contributed by atoms with Crippen molar-refractivity contribution in [2.75, 3.05) is 37.0 Å². The fourth-order valence-corrected chi connectivity index (χ4v) is 2.49. The van der Waals surface area contributed by atoms with Gasteiger partial charge in [0.05, 0.1) is 25.1 Å². The van der Waals surface area contributed by atoms with Gasteiger partial charge in [-0.1, -0.05) is 13.3 Å². The molecule has 0 aromatic carbocycles. The van der Waals surface area contributed by atoms with Crippen molar-refractivity contribution in [3.8, 4) is 0 Å². The van der Waals surface area contributed by atoms with Crippen molar-refractivity contribution in [1.82, 2.24) is 9.78 Å². The molecule has 0 saturated carbocycles. The highest BCUT2D eigenvalue weighted by molar-refractivity contribution is 7.80. The Bertz CT molecular complexity index is 453. The summed E-state index contributed by atoms with van der Waals surface area (Å²) in [5.41, 5.74) is 0.854. The molecule has 2 heterocycles. The molecule has 1 aromatic rings. The van der Waals surface area contributed by atoms with Crippen LogP contribution in [0.2, 0.25) is 0 Å². The van der Waals surface area contributed by atoms with Crippen LogP contribution in [0.5, 0.6) is 0 Å². The zero-order chi connectivity index (χ0) is 13.7. The van der Waals surface area contributed by atoms with E-state index in [-0.39, 0.29) is 5.56 Å². The number of hydrogen-bond donors (Lipinski definition) is 1. The van der Waals surface area contributed by atoms with Crippen LogP contribution >= 0.6 is 12.6 Å². The molecule has 5 nitrogen and oxygen atoms in total. The van der Waals surface area contributed by atoms with E-state index in [4.69, 9.17) is 4.74 Å². The van der Waals surface area contributed by atoms with Crippen molar-refractivity contribution in [2.24, 2.45) is 5.92 Å². The molecule has 0 radical (unpaired) electrons. The van der Waals surface area contributed by atoms with E-state index in [1.807, 2.05) is 0 Å². The molecular weight excluding hydrogens is 262 g/mol. The number of anilines is 1. The van der Waals surface area contributed by atoms with E-state index in [1.54, 1.807) is 12.3 Å². The summed E-state index contributed by atoms with van der Waals surface area (Å²) in [5, 5.41) is 4.28. The van der Waals surface area contributed by atoms with Crippen LogP contribution in [-0.4, -0.2) is 41.8 Å². The van der Waals surface area contributed by atoms with Crippen molar-refractivity contribution in [3.05, 3.63) is 22.6 Å². The lowest BCUT2D eigenvalue weighted by atomic mass is 10.1. The fourth-order valence-electron chi connectivity index (χ4n) is 2.12. The highest BCUT2D eigenvalue weighted by Crippen LogP contribution is 2.12. The van der Waals surface area contributed by atoms with Crippen molar-refractivity contribution in [3.63, 3.8) is 0 Å². The average Bonchev–Trinajstić information content (AvgIpc) is 2.47. The first kappa shape index (κ1) is 14.4. The molecule has 6 heteroatoms. The highest BCUT2D eigenvalue weighted by Gasteiger charge is 2.13. The third-order valence-electron chi connectivity index (χ3n) is 3.50. The molecule has 1 saturated heterocycles. The first-order chi connectivity index (χ1) is 9.24. The van der Waals surface area contributed by atoms with Gasteiger partial charge in [0.25, 0.3) is 5.56 Å². The molecule has 0 aliphatic carbocycles. The van der Waals surface area contributed by atoms with E-state index < -0.39 is 0 Å². The largest absolute Gasteiger partial charge is 0.378 e. The number of nitrogens with zero attached hydrogens (tertiary/aromatic N) is 3. The topological polar surface area (TPSA) is 47.4 Å². The van der Waals surface area contributed by atoms with Gasteiger partial charge in [-0.25, -0.2) is 4.68 Å². The summed E-state index contributed by atoms with van der Waals surface area (Å²) in [6.45, 7) is 5.80. The van der Waals surface area contributed by atoms with Crippen LogP contribution in [-0.2, 0) is 11.3 Å². The van der Waals surface area contributed by atoms with Crippen LogP contribution in [0.3, 0.4) is 0 Å². The molecule has 2 rings (SSSR count). The smallest absolute Gasteiger partial charge is 0.268 e. The van der Waals surface area contributed by atoms with Gasteiger partial charge in [0, 0.05) is 25.7 Å². The molecule has 1 aliphatic heterocycles. The quantitative estimate of drug-likeness (QED) is 0.820. The van der Waals surface area contributed by atoms with Crippen LogP contribution in [0.25, 0.3) is 0 Å². The van der Waals surface area contributed by atoms with Crippen molar-refractivity contribution in [1.29, 1.82) is 0 Å². The number of thiol groups is 1. The molecule has 0 bridgehead atoms. The van der Waals surface area contributed by atoms with Crippen LogP contribution < -0.4 is 10.5 Å². The number of morpholine rings is 1. The normalized spacial score (nSPS) is 17.5. The molecule has 1 aliphatic rings. The Morgan fingerprint density at radius 3 is 2.79 bits per heavy atom. The monoisotopic (exact) mass is 283 g/mol. The lowest BCUT2D eigenvalue weighted by Gasteiger charge is -2.28. The minimum Gasteiger partial charge on any atom is -0.378 e. The third-order valence-corrected chi connectivity index (χ3v) is 4.01. The van der Waals surface area contributed by atoms with Gasteiger partial charge in [-0.05, 0) is 11.7 Å². The van der Waals surface area contributed by atoms with E-state index in [0.29, 0.717) is 25.7 Å². The molecule has 1 atom stereocenters.